The monoisotopic (exact) mass is 228 g/mol. The highest BCUT2D eigenvalue weighted by atomic mass is 19.1. The molecule has 2 N–H and O–H groups in total. The number of amidine groups is 1. The summed E-state index contributed by atoms with van der Waals surface area (Å²) in [4.78, 5) is 4.26. The summed E-state index contributed by atoms with van der Waals surface area (Å²) >= 11 is 0. The van der Waals surface area contributed by atoms with Crippen molar-refractivity contribution in [3.05, 3.63) is 65.5 Å². The van der Waals surface area contributed by atoms with Crippen LogP contribution in [0.15, 0.2) is 53.5 Å². The lowest BCUT2D eigenvalue weighted by atomic mass is 10.1. The van der Waals surface area contributed by atoms with Gasteiger partial charge in [-0.1, -0.05) is 24.3 Å². The highest BCUT2D eigenvalue weighted by Gasteiger charge is 2.04. The predicted octanol–water partition coefficient (Wildman–Crippen LogP) is 3.17. The minimum Gasteiger partial charge on any atom is -0.383 e. The molecule has 3 heteroatoms. The first-order valence-corrected chi connectivity index (χ1v) is 5.32. The summed E-state index contributed by atoms with van der Waals surface area (Å²) in [6.45, 7) is 1.88. The van der Waals surface area contributed by atoms with Crippen LogP contribution in [0.1, 0.15) is 11.1 Å². The Hall–Kier alpha value is -2.16. The lowest BCUT2D eigenvalue weighted by Crippen LogP contribution is -2.14. The van der Waals surface area contributed by atoms with Gasteiger partial charge in [-0.05, 0) is 36.8 Å². The summed E-state index contributed by atoms with van der Waals surface area (Å²) in [7, 11) is 0. The largest absolute Gasteiger partial charge is 0.383 e. The maximum atomic E-state index is 13.1. The molecule has 0 radical (unpaired) electrons. The minimum atomic E-state index is -0.309. The van der Waals surface area contributed by atoms with Crippen LogP contribution in [-0.2, 0) is 0 Å². The molecule has 0 heterocycles. The number of halogens is 1. The van der Waals surface area contributed by atoms with E-state index >= 15 is 0 Å². The van der Waals surface area contributed by atoms with Gasteiger partial charge in [-0.25, -0.2) is 9.38 Å². The smallest absolute Gasteiger partial charge is 0.131 e. The van der Waals surface area contributed by atoms with Gasteiger partial charge in [-0.3, -0.25) is 0 Å². The van der Waals surface area contributed by atoms with Crippen LogP contribution in [0.25, 0.3) is 0 Å². The quantitative estimate of drug-likeness (QED) is 0.622. The van der Waals surface area contributed by atoms with E-state index in [1.54, 1.807) is 6.07 Å². The van der Waals surface area contributed by atoms with E-state index in [1.807, 2.05) is 37.3 Å². The molecule has 2 nitrogen and oxygen atoms in total. The van der Waals surface area contributed by atoms with E-state index in [2.05, 4.69) is 4.99 Å². The lowest BCUT2D eigenvalue weighted by molar-refractivity contribution is 0.627. The number of hydrogen-bond acceptors (Lipinski definition) is 1. The fraction of sp³-hybridized carbons (Fsp3) is 0.0714. The fourth-order valence-electron chi connectivity index (χ4n) is 1.57. The number of benzene rings is 2. The van der Waals surface area contributed by atoms with Gasteiger partial charge in [0.25, 0.3) is 0 Å². The second kappa shape index (κ2) is 4.78. The molecule has 86 valence electrons. The summed E-state index contributed by atoms with van der Waals surface area (Å²) in [5.74, 6) is 0.0185. The normalized spacial score (nSPS) is 11.5. The molecular weight excluding hydrogens is 215 g/mol. The Bertz CT molecular complexity index is 547. The van der Waals surface area contributed by atoms with Crippen LogP contribution >= 0.6 is 0 Å². The Morgan fingerprint density at radius 2 is 1.82 bits per heavy atom. The maximum Gasteiger partial charge on any atom is 0.131 e. The third-order valence-corrected chi connectivity index (χ3v) is 2.48. The predicted molar refractivity (Wildman–Crippen MR) is 68.0 cm³/mol. The van der Waals surface area contributed by atoms with E-state index in [9.17, 15) is 4.39 Å². The van der Waals surface area contributed by atoms with E-state index < -0.39 is 0 Å². The molecule has 0 amide bonds. The van der Waals surface area contributed by atoms with Crippen molar-refractivity contribution >= 4 is 11.5 Å². The highest BCUT2D eigenvalue weighted by molar-refractivity contribution is 6.00. The van der Waals surface area contributed by atoms with Crippen LogP contribution in [0, 0.1) is 12.7 Å². The molecule has 0 unspecified atom stereocenters. The zero-order valence-electron chi connectivity index (χ0n) is 9.52. The van der Waals surface area contributed by atoms with Crippen molar-refractivity contribution < 1.29 is 4.39 Å². The summed E-state index contributed by atoms with van der Waals surface area (Å²) in [6.07, 6.45) is 0. The van der Waals surface area contributed by atoms with Crippen molar-refractivity contribution in [2.75, 3.05) is 0 Å². The van der Waals surface area contributed by atoms with Gasteiger partial charge in [0, 0.05) is 5.56 Å². The molecule has 0 saturated carbocycles. The molecule has 0 bridgehead atoms. The van der Waals surface area contributed by atoms with Crippen molar-refractivity contribution in [2.24, 2.45) is 10.7 Å². The molecule has 17 heavy (non-hydrogen) atoms. The summed E-state index contributed by atoms with van der Waals surface area (Å²) in [5.41, 5.74) is 8.18. The molecule has 2 aromatic carbocycles. The van der Waals surface area contributed by atoms with Crippen LogP contribution in [0.2, 0.25) is 0 Å². The number of aliphatic imine (C=N–C) groups is 1. The molecule has 0 aliphatic heterocycles. The molecule has 0 spiro atoms. The van der Waals surface area contributed by atoms with Crippen LogP contribution in [-0.4, -0.2) is 5.84 Å². The number of aryl methyl sites for hydroxylation is 1. The molecule has 0 atom stereocenters. The number of rotatable bonds is 2. The molecule has 0 fully saturated rings. The average molecular weight is 228 g/mol. The van der Waals surface area contributed by atoms with Gasteiger partial charge in [-0.15, -0.1) is 0 Å². The first-order chi connectivity index (χ1) is 8.16. The summed E-state index contributed by atoms with van der Waals surface area (Å²) in [6, 6.07) is 13.9. The first-order valence-electron chi connectivity index (χ1n) is 5.32. The van der Waals surface area contributed by atoms with Crippen molar-refractivity contribution in [1.82, 2.24) is 0 Å². The highest BCUT2D eigenvalue weighted by Crippen LogP contribution is 2.14. The number of nitrogens with zero attached hydrogens (tertiary/aromatic N) is 1. The Morgan fingerprint density at radius 1 is 1.12 bits per heavy atom. The third-order valence-electron chi connectivity index (χ3n) is 2.48. The molecule has 0 aliphatic rings. The zero-order valence-corrected chi connectivity index (χ0v) is 9.52. The SMILES string of the molecule is Cc1ccc(F)cc1C(N)=Nc1ccccc1. The Morgan fingerprint density at radius 3 is 2.53 bits per heavy atom. The average Bonchev–Trinajstić information content (AvgIpc) is 2.33. The third kappa shape index (κ3) is 2.69. The minimum absolute atomic E-state index is 0.309. The second-order valence-corrected chi connectivity index (χ2v) is 3.79. The van der Waals surface area contributed by atoms with Crippen LogP contribution in [0.3, 0.4) is 0 Å². The van der Waals surface area contributed by atoms with Gasteiger partial charge < -0.3 is 5.73 Å². The van der Waals surface area contributed by atoms with E-state index in [-0.39, 0.29) is 5.82 Å². The molecule has 0 aromatic heterocycles. The number of hydrogen-bond donors (Lipinski definition) is 1. The van der Waals surface area contributed by atoms with Gasteiger partial charge in [-0.2, -0.15) is 0 Å². The molecule has 0 aliphatic carbocycles. The van der Waals surface area contributed by atoms with Crippen LogP contribution in [0.5, 0.6) is 0 Å². The standard InChI is InChI=1S/C14H13FN2/c1-10-7-8-11(15)9-13(10)14(16)17-12-5-3-2-4-6-12/h2-9H,1H3,(H2,16,17). The summed E-state index contributed by atoms with van der Waals surface area (Å²) < 4.78 is 13.1. The Labute approximate surface area is 99.6 Å². The van der Waals surface area contributed by atoms with Crippen molar-refractivity contribution in [3.63, 3.8) is 0 Å². The topological polar surface area (TPSA) is 38.4 Å². The van der Waals surface area contributed by atoms with Gasteiger partial charge in [0.1, 0.15) is 11.7 Å². The van der Waals surface area contributed by atoms with Crippen molar-refractivity contribution in [1.29, 1.82) is 0 Å². The van der Waals surface area contributed by atoms with E-state index in [1.165, 1.54) is 12.1 Å². The zero-order chi connectivity index (χ0) is 12.3. The van der Waals surface area contributed by atoms with Gasteiger partial charge in [0.15, 0.2) is 0 Å². The molecule has 2 aromatic rings. The van der Waals surface area contributed by atoms with Crippen LogP contribution in [0.4, 0.5) is 10.1 Å². The maximum absolute atomic E-state index is 13.1. The Balaban J connectivity index is 2.40. The van der Waals surface area contributed by atoms with Gasteiger partial charge in [0.2, 0.25) is 0 Å². The fourth-order valence-corrected chi connectivity index (χ4v) is 1.57. The van der Waals surface area contributed by atoms with Crippen molar-refractivity contribution in [2.45, 2.75) is 6.92 Å². The Kier molecular flexibility index (Phi) is 3.19. The van der Waals surface area contributed by atoms with Crippen molar-refractivity contribution in [3.8, 4) is 0 Å². The van der Waals surface area contributed by atoms with Crippen LogP contribution < -0.4 is 5.73 Å². The van der Waals surface area contributed by atoms with E-state index in [0.29, 0.717) is 11.4 Å². The lowest BCUT2D eigenvalue weighted by Gasteiger charge is -2.05. The first kappa shape index (κ1) is 11.3. The molecule has 0 saturated heterocycles. The van der Waals surface area contributed by atoms with Gasteiger partial charge in [0.05, 0.1) is 5.69 Å². The number of nitrogens with two attached hydrogens (primary N) is 1. The number of para-hydroxylation sites is 1. The molecular formula is C14H13FN2. The second-order valence-electron chi connectivity index (χ2n) is 3.79. The van der Waals surface area contributed by atoms with Gasteiger partial charge >= 0.3 is 0 Å². The van der Waals surface area contributed by atoms with E-state index in [4.69, 9.17) is 5.73 Å². The molecule has 2 rings (SSSR count). The van der Waals surface area contributed by atoms with E-state index in [0.717, 1.165) is 11.3 Å². The summed E-state index contributed by atoms with van der Waals surface area (Å²) in [5, 5.41) is 0.